The van der Waals surface area contributed by atoms with Crippen LogP contribution in [-0.2, 0) is 6.42 Å². The van der Waals surface area contributed by atoms with Crippen LogP contribution in [0.2, 0.25) is 0 Å². The highest BCUT2D eigenvalue weighted by atomic mass is 15.4. The summed E-state index contributed by atoms with van der Waals surface area (Å²) in [5.41, 5.74) is 1.33. The second kappa shape index (κ2) is 3.05. The SMILES string of the molecule is CCc1cnn2c1NC(C)CC2C. The zero-order valence-electron chi connectivity index (χ0n) is 8.54. The molecular formula is C10H17N3. The van der Waals surface area contributed by atoms with Gasteiger partial charge in [-0.1, -0.05) is 6.92 Å². The van der Waals surface area contributed by atoms with Gasteiger partial charge in [-0.2, -0.15) is 5.10 Å². The smallest absolute Gasteiger partial charge is 0.127 e. The van der Waals surface area contributed by atoms with Gasteiger partial charge >= 0.3 is 0 Å². The summed E-state index contributed by atoms with van der Waals surface area (Å²) in [6.45, 7) is 6.63. The third kappa shape index (κ3) is 1.32. The molecular weight excluding hydrogens is 162 g/mol. The second-order valence-electron chi connectivity index (χ2n) is 3.95. The number of hydrogen-bond acceptors (Lipinski definition) is 2. The first-order valence-corrected chi connectivity index (χ1v) is 5.05. The van der Waals surface area contributed by atoms with Crippen LogP contribution in [0, 0.1) is 0 Å². The molecule has 0 bridgehead atoms. The van der Waals surface area contributed by atoms with E-state index in [1.165, 1.54) is 11.4 Å². The van der Waals surface area contributed by atoms with E-state index in [4.69, 9.17) is 0 Å². The van der Waals surface area contributed by atoms with Gasteiger partial charge in [0.25, 0.3) is 0 Å². The number of fused-ring (bicyclic) bond motifs is 1. The summed E-state index contributed by atoms with van der Waals surface area (Å²) < 4.78 is 2.11. The molecule has 0 saturated heterocycles. The Bertz CT molecular complexity index is 303. The van der Waals surface area contributed by atoms with E-state index in [9.17, 15) is 0 Å². The van der Waals surface area contributed by atoms with Gasteiger partial charge in [-0.3, -0.25) is 0 Å². The van der Waals surface area contributed by atoms with E-state index in [0.29, 0.717) is 12.1 Å². The third-order valence-corrected chi connectivity index (χ3v) is 2.75. The molecule has 1 aromatic heterocycles. The van der Waals surface area contributed by atoms with Crippen molar-refractivity contribution in [2.24, 2.45) is 0 Å². The number of rotatable bonds is 1. The molecule has 0 amide bonds. The maximum atomic E-state index is 4.40. The Morgan fingerprint density at radius 3 is 3.08 bits per heavy atom. The lowest BCUT2D eigenvalue weighted by Crippen LogP contribution is -2.29. The molecule has 13 heavy (non-hydrogen) atoms. The van der Waals surface area contributed by atoms with Crippen molar-refractivity contribution in [2.75, 3.05) is 5.32 Å². The number of hydrogen-bond donors (Lipinski definition) is 1. The van der Waals surface area contributed by atoms with Crippen LogP contribution in [0.25, 0.3) is 0 Å². The molecule has 2 heterocycles. The lowest BCUT2D eigenvalue weighted by atomic mass is 10.1. The molecule has 0 saturated carbocycles. The van der Waals surface area contributed by atoms with E-state index >= 15 is 0 Å². The molecule has 72 valence electrons. The molecule has 2 rings (SSSR count). The fraction of sp³-hybridized carbons (Fsp3) is 0.700. The number of nitrogens with zero attached hydrogens (tertiary/aromatic N) is 2. The lowest BCUT2D eigenvalue weighted by Gasteiger charge is -2.28. The Kier molecular flexibility index (Phi) is 2.02. The molecule has 2 unspecified atom stereocenters. The molecule has 3 nitrogen and oxygen atoms in total. The maximum Gasteiger partial charge on any atom is 0.127 e. The van der Waals surface area contributed by atoms with Crippen molar-refractivity contribution in [2.45, 2.75) is 45.7 Å². The summed E-state index contributed by atoms with van der Waals surface area (Å²) in [5.74, 6) is 1.23. The van der Waals surface area contributed by atoms with Gasteiger partial charge in [-0.15, -0.1) is 0 Å². The van der Waals surface area contributed by atoms with Crippen LogP contribution in [-0.4, -0.2) is 15.8 Å². The van der Waals surface area contributed by atoms with Crippen LogP contribution < -0.4 is 5.32 Å². The molecule has 1 aromatic rings. The number of anilines is 1. The molecule has 1 aliphatic rings. The zero-order valence-corrected chi connectivity index (χ0v) is 8.54. The highest BCUT2D eigenvalue weighted by Gasteiger charge is 2.22. The van der Waals surface area contributed by atoms with Gasteiger partial charge in [-0.05, 0) is 26.7 Å². The molecule has 1 aliphatic heterocycles. The zero-order chi connectivity index (χ0) is 9.42. The molecule has 0 fully saturated rings. The van der Waals surface area contributed by atoms with Crippen LogP contribution in [0.1, 0.15) is 38.8 Å². The van der Waals surface area contributed by atoms with E-state index < -0.39 is 0 Å². The molecule has 0 aliphatic carbocycles. The molecule has 0 spiro atoms. The van der Waals surface area contributed by atoms with Gasteiger partial charge in [0.1, 0.15) is 5.82 Å². The minimum Gasteiger partial charge on any atom is -0.368 e. The quantitative estimate of drug-likeness (QED) is 0.716. The molecule has 2 atom stereocenters. The summed E-state index contributed by atoms with van der Waals surface area (Å²) in [7, 11) is 0. The van der Waals surface area contributed by atoms with E-state index in [-0.39, 0.29) is 0 Å². The Labute approximate surface area is 79.1 Å². The lowest BCUT2D eigenvalue weighted by molar-refractivity contribution is 0.413. The summed E-state index contributed by atoms with van der Waals surface area (Å²) >= 11 is 0. The predicted molar refractivity (Wildman–Crippen MR) is 54.0 cm³/mol. The first-order valence-electron chi connectivity index (χ1n) is 5.05. The van der Waals surface area contributed by atoms with Gasteiger partial charge < -0.3 is 5.32 Å². The van der Waals surface area contributed by atoms with Crippen LogP contribution in [0.4, 0.5) is 5.82 Å². The Hall–Kier alpha value is -0.990. The van der Waals surface area contributed by atoms with E-state index in [2.05, 4.69) is 35.9 Å². The highest BCUT2D eigenvalue weighted by Crippen LogP contribution is 2.28. The van der Waals surface area contributed by atoms with E-state index in [1.54, 1.807) is 0 Å². The average molecular weight is 179 g/mol. The Morgan fingerprint density at radius 1 is 1.62 bits per heavy atom. The Balaban J connectivity index is 2.40. The fourth-order valence-corrected chi connectivity index (χ4v) is 2.05. The van der Waals surface area contributed by atoms with E-state index in [0.717, 1.165) is 12.8 Å². The van der Waals surface area contributed by atoms with Crippen LogP contribution in [0.15, 0.2) is 6.20 Å². The van der Waals surface area contributed by atoms with Gasteiger partial charge in [0.05, 0.1) is 12.2 Å². The average Bonchev–Trinajstić information content (AvgIpc) is 2.47. The topological polar surface area (TPSA) is 29.9 Å². The van der Waals surface area contributed by atoms with E-state index in [1.807, 2.05) is 6.20 Å². The fourth-order valence-electron chi connectivity index (χ4n) is 2.05. The highest BCUT2D eigenvalue weighted by molar-refractivity contribution is 5.46. The van der Waals surface area contributed by atoms with Crippen molar-refractivity contribution in [3.05, 3.63) is 11.8 Å². The summed E-state index contributed by atoms with van der Waals surface area (Å²) in [4.78, 5) is 0. The van der Waals surface area contributed by atoms with Gasteiger partial charge in [0.15, 0.2) is 0 Å². The minimum atomic E-state index is 0.534. The normalized spacial score (nSPS) is 26.7. The van der Waals surface area contributed by atoms with Crippen LogP contribution >= 0.6 is 0 Å². The van der Waals surface area contributed by atoms with Gasteiger partial charge in [0, 0.05) is 11.6 Å². The summed E-state index contributed by atoms with van der Waals surface area (Å²) in [5, 5.41) is 7.89. The first-order chi connectivity index (χ1) is 6.22. The van der Waals surface area contributed by atoms with Crippen LogP contribution in [0.5, 0.6) is 0 Å². The minimum absolute atomic E-state index is 0.534. The van der Waals surface area contributed by atoms with Crippen molar-refractivity contribution in [1.29, 1.82) is 0 Å². The summed E-state index contributed by atoms with van der Waals surface area (Å²) in [6, 6.07) is 1.11. The van der Waals surface area contributed by atoms with Crippen molar-refractivity contribution >= 4 is 5.82 Å². The number of aryl methyl sites for hydroxylation is 1. The van der Waals surface area contributed by atoms with Gasteiger partial charge in [-0.25, -0.2) is 4.68 Å². The Morgan fingerprint density at radius 2 is 2.38 bits per heavy atom. The molecule has 0 radical (unpaired) electrons. The number of aromatic nitrogens is 2. The molecule has 0 aromatic carbocycles. The standard InChI is InChI=1S/C10H17N3/c1-4-9-6-11-13-8(3)5-7(2)12-10(9)13/h6-8,12H,4-5H2,1-3H3. The van der Waals surface area contributed by atoms with Crippen molar-refractivity contribution < 1.29 is 0 Å². The summed E-state index contributed by atoms with van der Waals surface area (Å²) in [6.07, 6.45) is 4.20. The number of nitrogens with one attached hydrogen (secondary N) is 1. The van der Waals surface area contributed by atoms with Gasteiger partial charge in [0.2, 0.25) is 0 Å². The predicted octanol–water partition coefficient (Wildman–Crippen LogP) is 2.21. The van der Waals surface area contributed by atoms with Crippen molar-refractivity contribution in [3.8, 4) is 0 Å². The molecule has 3 heteroatoms. The third-order valence-electron chi connectivity index (χ3n) is 2.75. The maximum absolute atomic E-state index is 4.40. The van der Waals surface area contributed by atoms with Crippen LogP contribution in [0.3, 0.4) is 0 Å². The first kappa shape index (κ1) is 8.60. The molecule has 1 N–H and O–H groups in total. The second-order valence-corrected chi connectivity index (χ2v) is 3.95. The van der Waals surface area contributed by atoms with Crippen molar-refractivity contribution in [3.63, 3.8) is 0 Å². The monoisotopic (exact) mass is 179 g/mol. The largest absolute Gasteiger partial charge is 0.368 e. The van der Waals surface area contributed by atoms with Crippen molar-refractivity contribution in [1.82, 2.24) is 9.78 Å².